The van der Waals surface area contributed by atoms with E-state index >= 15 is 0 Å². The number of nitrogens with zero attached hydrogens (tertiary/aromatic N) is 2. The molecule has 0 aliphatic heterocycles. The van der Waals surface area contributed by atoms with E-state index < -0.39 is 16.5 Å². The largest absolute Gasteiger partial charge is 0.325 e. The minimum absolute atomic E-state index is 0.428. The van der Waals surface area contributed by atoms with Crippen LogP contribution < -0.4 is 0 Å². The quantitative estimate of drug-likeness (QED) is 0.668. The van der Waals surface area contributed by atoms with E-state index in [1.54, 1.807) is 0 Å². The highest BCUT2D eigenvalue weighted by molar-refractivity contribution is 6.78. The maximum Gasteiger partial charge on any atom is 0.127 e. The molecule has 0 spiro atoms. The zero-order valence-electron chi connectivity index (χ0n) is 16.3. The summed E-state index contributed by atoms with van der Waals surface area (Å²) >= 11 is 0. The monoisotopic (exact) mass is 316 g/mol. The molecule has 0 aromatic carbocycles. The molecule has 0 atom stereocenters. The van der Waals surface area contributed by atoms with Crippen molar-refractivity contribution < 1.29 is 0 Å². The molecule has 0 unspecified atom stereocenters. The van der Waals surface area contributed by atoms with Crippen molar-refractivity contribution in [2.45, 2.75) is 77.8 Å². The second kappa shape index (κ2) is 6.23. The summed E-state index contributed by atoms with van der Waals surface area (Å²) < 4.78 is 5.33. The third-order valence-corrected chi connectivity index (χ3v) is 18.0. The molecule has 20 heavy (non-hydrogen) atoms. The second-order valence-corrected chi connectivity index (χ2v) is 20.2. The van der Waals surface area contributed by atoms with Crippen LogP contribution in [0.1, 0.15) is 41.5 Å². The summed E-state index contributed by atoms with van der Waals surface area (Å²) in [5.41, 5.74) is 0. The van der Waals surface area contributed by atoms with Gasteiger partial charge in [0.05, 0.1) is 0 Å². The molecule has 0 heterocycles. The van der Waals surface area contributed by atoms with Gasteiger partial charge in [0.25, 0.3) is 0 Å². The summed E-state index contributed by atoms with van der Waals surface area (Å²) in [7, 11) is 1.94. The van der Waals surface area contributed by atoms with E-state index in [1.807, 2.05) is 0 Å². The van der Waals surface area contributed by atoms with Gasteiger partial charge in [0.1, 0.15) is 16.5 Å². The Morgan fingerprint density at radius 2 is 0.800 bits per heavy atom. The smallest absolute Gasteiger partial charge is 0.127 e. The first kappa shape index (κ1) is 20.4. The Balaban J connectivity index is 4.73. The van der Waals surface area contributed by atoms with Crippen molar-refractivity contribution in [2.24, 2.45) is 0 Å². The van der Waals surface area contributed by atoms with Crippen LogP contribution in [0.25, 0.3) is 0 Å². The molecular weight excluding hydrogens is 276 g/mol. The number of rotatable bonds is 5. The van der Waals surface area contributed by atoms with Gasteiger partial charge in [-0.1, -0.05) is 67.7 Å². The summed E-state index contributed by atoms with van der Waals surface area (Å²) in [6.07, 6.45) is 0. The number of hydrogen-bond acceptors (Lipinski definition) is 2. The first-order valence-electron chi connectivity index (χ1n) is 7.97. The van der Waals surface area contributed by atoms with Crippen LogP contribution in [0.5, 0.6) is 0 Å². The van der Waals surface area contributed by atoms with E-state index in [1.165, 1.54) is 13.1 Å². The van der Waals surface area contributed by atoms with Gasteiger partial charge in [0, 0.05) is 13.1 Å². The van der Waals surface area contributed by atoms with Crippen molar-refractivity contribution in [3.63, 3.8) is 0 Å². The highest BCUT2D eigenvalue weighted by Gasteiger charge is 2.41. The first-order chi connectivity index (χ1) is 8.55. The fourth-order valence-corrected chi connectivity index (χ4v) is 5.61. The molecular formula is C16H40N2Si2. The van der Waals surface area contributed by atoms with Crippen molar-refractivity contribution in [3.8, 4) is 0 Å². The van der Waals surface area contributed by atoms with Gasteiger partial charge in [-0.3, -0.25) is 0 Å². The molecule has 0 aliphatic carbocycles. The van der Waals surface area contributed by atoms with Gasteiger partial charge in [-0.25, -0.2) is 0 Å². The topological polar surface area (TPSA) is 6.48 Å². The second-order valence-electron chi connectivity index (χ2n) is 9.46. The first-order valence-corrected chi connectivity index (χ1v) is 13.9. The lowest BCUT2D eigenvalue weighted by Gasteiger charge is -2.47. The Morgan fingerprint density at radius 3 is 0.950 bits per heavy atom. The van der Waals surface area contributed by atoms with Crippen LogP contribution in [0, 0.1) is 0 Å². The van der Waals surface area contributed by atoms with E-state index in [-0.39, 0.29) is 0 Å². The Kier molecular flexibility index (Phi) is 6.34. The summed E-state index contributed by atoms with van der Waals surface area (Å²) in [6, 6.07) is 0. The van der Waals surface area contributed by atoms with Gasteiger partial charge in [0.2, 0.25) is 0 Å². The van der Waals surface area contributed by atoms with E-state index in [0.717, 1.165) is 0 Å². The maximum absolute atomic E-state index is 2.66. The Hall–Kier alpha value is 0.354. The van der Waals surface area contributed by atoms with Crippen LogP contribution in [0.3, 0.4) is 0 Å². The van der Waals surface area contributed by atoms with Crippen LogP contribution in [-0.4, -0.2) is 52.8 Å². The Morgan fingerprint density at radius 1 is 0.600 bits per heavy atom. The molecule has 0 aliphatic rings. The summed E-state index contributed by atoms with van der Waals surface area (Å²) in [4.78, 5) is 0. The average Bonchev–Trinajstić information content (AvgIpc) is 2.21. The number of likely N-dealkylation sites (N-methyl/N-ethyl adjacent to an activating group) is 2. The highest BCUT2D eigenvalue weighted by atomic mass is 28.3. The average molecular weight is 317 g/mol. The van der Waals surface area contributed by atoms with Crippen molar-refractivity contribution in [3.05, 3.63) is 0 Å². The van der Waals surface area contributed by atoms with Gasteiger partial charge >= 0.3 is 0 Å². The van der Waals surface area contributed by atoms with Crippen molar-refractivity contribution in [1.82, 2.24) is 9.13 Å². The highest BCUT2D eigenvalue weighted by Crippen LogP contribution is 2.39. The van der Waals surface area contributed by atoms with Crippen LogP contribution in [-0.2, 0) is 0 Å². The molecule has 0 saturated carbocycles. The van der Waals surface area contributed by atoms with E-state index in [2.05, 4.69) is 91.0 Å². The molecule has 0 N–H and O–H groups in total. The molecule has 0 aromatic rings. The third-order valence-electron chi connectivity index (χ3n) is 6.35. The molecule has 4 heteroatoms. The van der Waals surface area contributed by atoms with Gasteiger partial charge in [-0.2, -0.15) is 0 Å². The van der Waals surface area contributed by atoms with Crippen molar-refractivity contribution in [2.75, 3.05) is 27.2 Å². The summed E-state index contributed by atoms with van der Waals surface area (Å²) in [5.74, 6) is 0. The van der Waals surface area contributed by atoms with Gasteiger partial charge in [0.15, 0.2) is 0 Å². The van der Waals surface area contributed by atoms with Crippen LogP contribution >= 0.6 is 0 Å². The van der Waals surface area contributed by atoms with Crippen LogP contribution in [0.15, 0.2) is 0 Å². The minimum Gasteiger partial charge on any atom is -0.325 e. The predicted molar refractivity (Wildman–Crippen MR) is 99.7 cm³/mol. The van der Waals surface area contributed by atoms with E-state index in [9.17, 15) is 0 Å². The summed E-state index contributed by atoms with van der Waals surface area (Å²) in [6.45, 7) is 26.8. The SMILES string of the molecule is CN(CCN(C)[Si](C)(C)C(C)(C)C)[Si](C)(C)C(C)(C)C. The van der Waals surface area contributed by atoms with Crippen molar-refractivity contribution in [1.29, 1.82) is 0 Å². The lowest BCUT2D eigenvalue weighted by atomic mass is 10.2. The fourth-order valence-electron chi connectivity index (χ4n) is 2.00. The fraction of sp³-hybridized carbons (Fsp3) is 1.00. The maximum atomic E-state index is 2.66. The Bertz CT molecular complexity index is 279. The van der Waals surface area contributed by atoms with E-state index in [0.29, 0.717) is 10.1 Å². The molecule has 122 valence electrons. The van der Waals surface area contributed by atoms with Gasteiger partial charge in [-0.05, 0) is 24.2 Å². The zero-order chi connectivity index (χ0) is 16.6. The zero-order valence-corrected chi connectivity index (χ0v) is 18.3. The molecule has 0 amide bonds. The molecule has 0 fully saturated rings. The molecule has 0 radical (unpaired) electrons. The minimum atomic E-state index is -1.36. The standard InChI is InChI=1S/C16H40N2Si2/c1-15(2,3)19(9,10)17(7)13-14-18(8)20(11,12)16(4,5)6/h13-14H2,1-12H3. The third kappa shape index (κ3) is 4.42. The molecule has 0 bridgehead atoms. The summed E-state index contributed by atoms with van der Waals surface area (Å²) in [5, 5.41) is 0.856. The predicted octanol–water partition coefficient (Wildman–Crippen LogP) is 4.86. The Labute approximate surface area is 131 Å². The van der Waals surface area contributed by atoms with Gasteiger partial charge < -0.3 is 9.13 Å². The van der Waals surface area contributed by atoms with Crippen LogP contribution in [0.2, 0.25) is 36.3 Å². The normalized spacial score (nSPS) is 15.3. The molecule has 2 nitrogen and oxygen atoms in total. The lowest BCUT2D eigenvalue weighted by molar-refractivity contribution is 0.388. The van der Waals surface area contributed by atoms with Crippen LogP contribution in [0.4, 0.5) is 0 Å². The van der Waals surface area contributed by atoms with Crippen molar-refractivity contribution >= 4 is 16.5 Å². The number of hydrogen-bond donors (Lipinski definition) is 0. The van der Waals surface area contributed by atoms with E-state index in [4.69, 9.17) is 0 Å². The molecule has 0 rings (SSSR count). The molecule has 0 aromatic heterocycles. The van der Waals surface area contributed by atoms with Gasteiger partial charge in [-0.15, -0.1) is 0 Å². The molecule has 0 saturated heterocycles. The lowest BCUT2D eigenvalue weighted by Crippen LogP contribution is -2.58.